The monoisotopic (exact) mass is 297 g/mol. The molecule has 22 heavy (non-hydrogen) atoms. The molecule has 2 rings (SSSR count). The summed E-state index contributed by atoms with van der Waals surface area (Å²) in [6.45, 7) is 4.96. The Balaban J connectivity index is 1.80. The molecule has 0 unspecified atom stereocenters. The van der Waals surface area contributed by atoms with Crippen LogP contribution < -0.4 is 4.74 Å². The van der Waals surface area contributed by atoms with Crippen LogP contribution >= 0.6 is 0 Å². The number of hydrogen-bond donors (Lipinski definition) is 0. The molecule has 0 bridgehead atoms. The Morgan fingerprint density at radius 3 is 2.23 bits per heavy atom. The standard InChI is InChI=1S/C20H27NO/c1-3-5-6-7-18-9-13-19(21-16-18)12-8-17-10-14-20(15-11-17)22-4-2/h9-11,13-16H,3-8,12H2,1-2H3. The molecule has 0 amide bonds. The highest BCUT2D eigenvalue weighted by molar-refractivity contribution is 5.28. The summed E-state index contributed by atoms with van der Waals surface area (Å²) in [4.78, 5) is 4.59. The van der Waals surface area contributed by atoms with E-state index in [0.717, 1.165) is 25.0 Å². The number of nitrogens with zero attached hydrogens (tertiary/aromatic N) is 1. The van der Waals surface area contributed by atoms with Gasteiger partial charge in [0.15, 0.2) is 0 Å². The minimum absolute atomic E-state index is 0.716. The van der Waals surface area contributed by atoms with Crippen LogP contribution in [-0.2, 0) is 19.3 Å². The molecule has 0 fully saturated rings. The van der Waals surface area contributed by atoms with Crippen molar-refractivity contribution < 1.29 is 4.74 Å². The van der Waals surface area contributed by atoms with Crippen LogP contribution in [0.3, 0.4) is 0 Å². The first-order chi connectivity index (χ1) is 10.8. The summed E-state index contributed by atoms with van der Waals surface area (Å²) in [6.07, 6.45) is 9.05. The maximum absolute atomic E-state index is 5.46. The van der Waals surface area contributed by atoms with Gasteiger partial charge in [0.2, 0.25) is 0 Å². The molecule has 0 aliphatic carbocycles. The molecule has 118 valence electrons. The van der Waals surface area contributed by atoms with Gasteiger partial charge in [0.05, 0.1) is 6.61 Å². The summed E-state index contributed by atoms with van der Waals surface area (Å²) in [5, 5.41) is 0. The molecular formula is C20H27NO. The van der Waals surface area contributed by atoms with E-state index < -0.39 is 0 Å². The van der Waals surface area contributed by atoms with E-state index in [1.807, 2.05) is 25.3 Å². The zero-order chi connectivity index (χ0) is 15.6. The van der Waals surface area contributed by atoms with E-state index in [9.17, 15) is 0 Å². The number of aromatic nitrogens is 1. The highest BCUT2D eigenvalue weighted by Gasteiger charge is 2.00. The molecular weight excluding hydrogens is 270 g/mol. The van der Waals surface area contributed by atoms with Gasteiger partial charge in [0.25, 0.3) is 0 Å². The lowest BCUT2D eigenvalue weighted by Gasteiger charge is -2.06. The molecule has 2 heteroatoms. The predicted molar refractivity (Wildman–Crippen MR) is 92.5 cm³/mol. The molecule has 0 spiro atoms. The first kappa shape index (κ1) is 16.5. The van der Waals surface area contributed by atoms with E-state index in [2.05, 4.69) is 36.2 Å². The van der Waals surface area contributed by atoms with Gasteiger partial charge in [0.1, 0.15) is 5.75 Å². The van der Waals surface area contributed by atoms with Gasteiger partial charge in [-0.05, 0) is 61.9 Å². The third kappa shape index (κ3) is 5.51. The van der Waals surface area contributed by atoms with Gasteiger partial charge in [-0.1, -0.05) is 38.0 Å². The van der Waals surface area contributed by atoms with Gasteiger partial charge in [-0.2, -0.15) is 0 Å². The van der Waals surface area contributed by atoms with Gasteiger partial charge in [-0.15, -0.1) is 0 Å². The van der Waals surface area contributed by atoms with Gasteiger partial charge in [0, 0.05) is 11.9 Å². The van der Waals surface area contributed by atoms with E-state index >= 15 is 0 Å². The van der Waals surface area contributed by atoms with Gasteiger partial charge < -0.3 is 4.74 Å². The third-order valence-electron chi connectivity index (χ3n) is 3.86. The van der Waals surface area contributed by atoms with Crippen molar-refractivity contribution in [2.75, 3.05) is 6.61 Å². The fourth-order valence-electron chi connectivity index (χ4n) is 2.52. The van der Waals surface area contributed by atoms with E-state index in [0.29, 0.717) is 6.61 Å². The number of rotatable bonds is 9. The molecule has 2 aromatic rings. The molecule has 0 saturated heterocycles. The second kappa shape index (κ2) is 9.24. The molecule has 0 radical (unpaired) electrons. The van der Waals surface area contributed by atoms with E-state index in [1.165, 1.54) is 36.1 Å². The highest BCUT2D eigenvalue weighted by Crippen LogP contribution is 2.14. The van der Waals surface area contributed by atoms with Crippen LogP contribution in [0.25, 0.3) is 0 Å². The average molecular weight is 297 g/mol. The maximum Gasteiger partial charge on any atom is 0.119 e. The molecule has 0 atom stereocenters. The van der Waals surface area contributed by atoms with E-state index in [-0.39, 0.29) is 0 Å². The summed E-state index contributed by atoms with van der Waals surface area (Å²) in [5.74, 6) is 0.945. The number of unbranched alkanes of at least 4 members (excludes halogenated alkanes) is 2. The lowest BCUT2D eigenvalue weighted by atomic mass is 10.1. The lowest BCUT2D eigenvalue weighted by Crippen LogP contribution is -1.96. The van der Waals surface area contributed by atoms with Crippen molar-refractivity contribution in [2.24, 2.45) is 0 Å². The van der Waals surface area contributed by atoms with Crippen LogP contribution in [-0.4, -0.2) is 11.6 Å². The van der Waals surface area contributed by atoms with Crippen molar-refractivity contribution in [1.82, 2.24) is 4.98 Å². The topological polar surface area (TPSA) is 22.1 Å². The fourth-order valence-corrected chi connectivity index (χ4v) is 2.52. The van der Waals surface area contributed by atoms with Crippen molar-refractivity contribution in [1.29, 1.82) is 0 Å². The molecule has 0 saturated carbocycles. The van der Waals surface area contributed by atoms with Crippen molar-refractivity contribution in [3.05, 3.63) is 59.4 Å². The van der Waals surface area contributed by atoms with E-state index in [1.54, 1.807) is 0 Å². The molecule has 1 heterocycles. The van der Waals surface area contributed by atoms with Gasteiger partial charge >= 0.3 is 0 Å². The van der Waals surface area contributed by atoms with Crippen LogP contribution in [0.15, 0.2) is 42.6 Å². The number of aryl methyl sites for hydroxylation is 3. The molecule has 0 aliphatic heterocycles. The average Bonchev–Trinajstić information content (AvgIpc) is 2.56. The normalized spacial score (nSPS) is 10.6. The Hall–Kier alpha value is -1.83. The highest BCUT2D eigenvalue weighted by atomic mass is 16.5. The largest absolute Gasteiger partial charge is 0.494 e. The minimum atomic E-state index is 0.716. The SMILES string of the molecule is CCCCCc1ccc(CCc2ccc(OCC)cc2)nc1. The van der Waals surface area contributed by atoms with Crippen molar-refractivity contribution in [2.45, 2.75) is 52.4 Å². The summed E-state index contributed by atoms with van der Waals surface area (Å²) >= 11 is 0. The lowest BCUT2D eigenvalue weighted by molar-refractivity contribution is 0.340. The third-order valence-corrected chi connectivity index (χ3v) is 3.86. The number of pyridine rings is 1. The Morgan fingerprint density at radius 2 is 1.59 bits per heavy atom. The molecule has 1 aromatic heterocycles. The Morgan fingerprint density at radius 1 is 0.818 bits per heavy atom. The summed E-state index contributed by atoms with van der Waals surface area (Å²) in [5.41, 5.74) is 3.86. The first-order valence-electron chi connectivity index (χ1n) is 8.47. The first-order valence-corrected chi connectivity index (χ1v) is 8.47. The molecule has 1 aromatic carbocycles. The van der Waals surface area contributed by atoms with Crippen LogP contribution in [0.2, 0.25) is 0 Å². The van der Waals surface area contributed by atoms with Gasteiger partial charge in [-0.3, -0.25) is 4.98 Å². The van der Waals surface area contributed by atoms with E-state index in [4.69, 9.17) is 4.74 Å². The summed E-state index contributed by atoms with van der Waals surface area (Å²) in [7, 11) is 0. The zero-order valence-corrected chi connectivity index (χ0v) is 13.8. The molecule has 0 aliphatic rings. The summed E-state index contributed by atoms with van der Waals surface area (Å²) < 4.78 is 5.46. The molecule has 2 nitrogen and oxygen atoms in total. The predicted octanol–water partition coefficient (Wildman–Crippen LogP) is 5.00. The van der Waals surface area contributed by atoms with Crippen LogP contribution in [0.1, 0.15) is 49.9 Å². The number of ether oxygens (including phenoxy) is 1. The minimum Gasteiger partial charge on any atom is -0.494 e. The summed E-state index contributed by atoms with van der Waals surface area (Å²) in [6, 6.07) is 12.8. The Labute approximate surface area is 134 Å². The second-order valence-corrected chi connectivity index (χ2v) is 5.69. The number of hydrogen-bond acceptors (Lipinski definition) is 2. The van der Waals surface area contributed by atoms with Crippen molar-refractivity contribution >= 4 is 0 Å². The fraction of sp³-hybridized carbons (Fsp3) is 0.450. The molecule has 0 N–H and O–H groups in total. The Kier molecular flexibility index (Phi) is 6.95. The number of benzene rings is 1. The van der Waals surface area contributed by atoms with Crippen LogP contribution in [0.4, 0.5) is 0 Å². The Bertz CT molecular complexity index is 531. The smallest absolute Gasteiger partial charge is 0.119 e. The quantitative estimate of drug-likeness (QED) is 0.608. The zero-order valence-electron chi connectivity index (χ0n) is 13.8. The second-order valence-electron chi connectivity index (χ2n) is 5.69. The van der Waals surface area contributed by atoms with Crippen LogP contribution in [0.5, 0.6) is 5.75 Å². The van der Waals surface area contributed by atoms with Gasteiger partial charge in [-0.25, -0.2) is 0 Å². The van der Waals surface area contributed by atoms with Crippen molar-refractivity contribution in [3.63, 3.8) is 0 Å². The maximum atomic E-state index is 5.46. The van der Waals surface area contributed by atoms with Crippen molar-refractivity contribution in [3.8, 4) is 5.75 Å². The van der Waals surface area contributed by atoms with Crippen LogP contribution in [0, 0.1) is 0 Å².